The molecule has 1 aromatic carbocycles. The van der Waals surface area contributed by atoms with Gasteiger partial charge in [-0.2, -0.15) is 4.98 Å². The van der Waals surface area contributed by atoms with Crippen LogP contribution in [0.2, 0.25) is 0 Å². The molecule has 0 saturated carbocycles. The average molecular weight is 245 g/mol. The summed E-state index contributed by atoms with van der Waals surface area (Å²) in [5, 5.41) is 3.06. The molecule has 1 N–H and O–H groups in total. The van der Waals surface area contributed by atoms with Crippen LogP contribution in [0, 0.1) is 0 Å². The van der Waals surface area contributed by atoms with Crippen molar-refractivity contribution in [3.05, 3.63) is 42.6 Å². The van der Waals surface area contributed by atoms with Crippen LogP contribution >= 0.6 is 0 Å². The monoisotopic (exact) mass is 245 g/mol. The lowest BCUT2D eigenvalue weighted by Gasteiger charge is -2.07. The summed E-state index contributed by atoms with van der Waals surface area (Å²) in [5.74, 6) is 1.92. The maximum Gasteiger partial charge on any atom is 0.226 e. The van der Waals surface area contributed by atoms with Crippen LogP contribution in [0.1, 0.15) is 0 Å². The Balaban J connectivity index is 1.75. The van der Waals surface area contributed by atoms with E-state index >= 15 is 0 Å². The molecule has 0 aliphatic heterocycles. The third kappa shape index (κ3) is 3.62. The van der Waals surface area contributed by atoms with Crippen LogP contribution in [0.4, 0.5) is 5.95 Å². The minimum Gasteiger partial charge on any atom is -0.492 e. The molecule has 0 radical (unpaired) electrons. The molecule has 1 heterocycles. The first kappa shape index (κ1) is 12.2. The number of benzene rings is 1. The van der Waals surface area contributed by atoms with Crippen LogP contribution in [-0.4, -0.2) is 30.2 Å². The summed E-state index contributed by atoms with van der Waals surface area (Å²) in [5.41, 5.74) is 0. The zero-order valence-electron chi connectivity index (χ0n) is 10.2. The van der Waals surface area contributed by atoms with Crippen molar-refractivity contribution in [2.75, 3.05) is 25.6 Å². The third-order valence-corrected chi connectivity index (χ3v) is 2.24. The predicted molar refractivity (Wildman–Crippen MR) is 69.0 cm³/mol. The number of hydrogen-bond acceptors (Lipinski definition) is 5. The highest BCUT2D eigenvalue weighted by molar-refractivity contribution is 5.27. The molecular weight excluding hydrogens is 230 g/mol. The molecule has 2 aromatic rings. The SMILES string of the molecule is COc1ccnc(NCCOc2ccccc2)n1. The van der Waals surface area contributed by atoms with Gasteiger partial charge in [-0.05, 0) is 12.1 Å². The van der Waals surface area contributed by atoms with Gasteiger partial charge in [-0.15, -0.1) is 0 Å². The molecule has 2 rings (SSSR count). The Morgan fingerprint density at radius 2 is 2.00 bits per heavy atom. The van der Waals surface area contributed by atoms with Gasteiger partial charge in [0, 0.05) is 12.3 Å². The van der Waals surface area contributed by atoms with Gasteiger partial charge in [-0.25, -0.2) is 4.98 Å². The molecule has 0 atom stereocenters. The zero-order valence-corrected chi connectivity index (χ0v) is 10.2. The van der Waals surface area contributed by atoms with Gasteiger partial charge in [0.2, 0.25) is 11.8 Å². The first-order valence-corrected chi connectivity index (χ1v) is 5.67. The van der Waals surface area contributed by atoms with Gasteiger partial charge in [0.1, 0.15) is 12.4 Å². The Bertz CT molecular complexity index is 477. The molecule has 94 valence electrons. The van der Waals surface area contributed by atoms with E-state index in [-0.39, 0.29) is 0 Å². The van der Waals surface area contributed by atoms with E-state index in [4.69, 9.17) is 9.47 Å². The highest BCUT2D eigenvalue weighted by atomic mass is 16.5. The Labute approximate surface area is 106 Å². The smallest absolute Gasteiger partial charge is 0.226 e. The number of rotatable bonds is 6. The summed E-state index contributed by atoms with van der Waals surface area (Å²) < 4.78 is 10.5. The second-order valence-electron chi connectivity index (χ2n) is 3.51. The Kier molecular flexibility index (Phi) is 4.35. The fraction of sp³-hybridized carbons (Fsp3) is 0.231. The van der Waals surface area contributed by atoms with Crippen LogP contribution in [0.15, 0.2) is 42.6 Å². The maximum absolute atomic E-state index is 5.53. The Morgan fingerprint density at radius 1 is 1.17 bits per heavy atom. The number of ether oxygens (including phenoxy) is 2. The van der Waals surface area contributed by atoms with Gasteiger partial charge < -0.3 is 14.8 Å². The van der Waals surface area contributed by atoms with Gasteiger partial charge in [0.15, 0.2) is 0 Å². The van der Waals surface area contributed by atoms with Crippen LogP contribution in [0.5, 0.6) is 11.6 Å². The maximum atomic E-state index is 5.53. The molecule has 0 spiro atoms. The number of nitrogens with zero attached hydrogens (tertiary/aromatic N) is 2. The summed E-state index contributed by atoms with van der Waals surface area (Å²) in [7, 11) is 1.57. The van der Waals surface area contributed by atoms with Gasteiger partial charge in [-0.1, -0.05) is 18.2 Å². The van der Waals surface area contributed by atoms with E-state index in [1.165, 1.54) is 0 Å². The minimum absolute atomic E-state index is 0.533. The van der Waals surface area contributed by atoms with Gasteiger partial charge >= 0.3 is 0 Å². The summed E-state index contributed by atoms with van der Waals surface area (Å²) >= 11 is 0. The molecule has 5 nitrogen and oxygen atoms in total. The molecule has 0 saturated heterocycles. The molecular formula is C13H15N3O2. The second kappa shape index (κ2) is 6.44. The van der Waals surface area contributed by atoms with Gasteiger partial charge in [0.25, 0.3) is 0 Å². The van der Waals surface area contributed by atoms with Crippen molar-refractivity contribution in [3.63, 3.8) is 0 Å². The van der Waals surface area contributed by atoms with E-state index in [0.29, 0.717) is 25.0 Å². The van der Waals surface area contributed by atoms with Crippen LogP contribution < -0.4 is 14.8 Å². The molecule has 5 heteroatoms. The fourth-order valence-corrected chi connectivity index (χ4v) is 1.39. The first-order valence-electron chi connectivity index (χ1n) is 5.67. The molecule has 0 amide bonds. The Morgan fingerprint density at radius 3 is 2.78 bits per heavy atom. The first-order chi connectivity index (χ1) is 8.88. The van der Waals surface area contributed by atoms with E-state index in [1.54, 1.807) is 19.4 Å². The number of nitrogens with one attached hydrogen (secondary N) is 1. The topological polar surface area (TPSA) is 56.3 Å². The quantitative estimate of drug-likeness (QED) is 0.788. The van der Waals surface area contributed by atoms with E-state index in [0.717, 1.165) is 5.75 Å². The zero-order chi connectivity index (χ0) is 12.6. The molecule has 0 unspecified atom stereocenters. The van der Waals surface area contributed by atoms with Crippen molar-refractivity contribution in [2.24, 2.45) is 0 Å². The minimum atomic E-state index is 0.533. The summed E-state index contributed by atoms with van der Waals surface area (Å²) in [6.45, 7) is 1.17. The number of para-hydroxylation sites is 1. The number of methoxy groups -OCH3 is 1. The molecule has 18 heavy (non-hydrogen) atoms. The second-order valence-corrected chi connectivity index (χ2v) is 3.51. The largest absolute Gasteiger partial charge is 0.492 e. The van der Waals surface area contributed by atoms with Crippen molar-refractivity contribution in [1.82, 2.24) is 9.97 Å². The number of anilines is 1. The van der Waals surface area contributed by atoms with Crippen molar-refractivity contribution >= 4 is 5.95 Å². The lowest BCUT2D eigenvalue weighted by Crippen LogP contribution is -2.13. The molecule has 1 aromatic heterocycles. The summed E-state index contributed by atoms with van der Waals surface area (Å²) in [6, 6.07) is 11.4. The molecule has 0 aliphatic rings. The molecule has 0 aliphatic carbocycles. The fourth-order valence-electron chi connectivity index (χ4n) is 1.39. The summed E-state index contributed by atoms with van der Waals surface area (Å²) in [4.78, 5) is 8.21. The number of hydrogen-bond donors (Lipinski definition) is 1. The number of aromatic nitrogens is 2. The summed E-state index contributed by atoms with van der Waals surface area (Å²) in [6.07, 6.45) is 1.65. The van der Waals surface area contributed by atoms with E-state index < -0.39 is 0 Å². The van der Waals surface area contributed by atoms with Crippen LogP contribution in [0.3, 0.4) is 0 Å². The third-order valence-electron chi connectivity index (χ3n) is 2.24. The van der Waals surface area contributed by atoms with Gasteiger partial charge in [-0.3, -0.25) is 0 Å². The normalized spacial score (nSPS) is 9.83. The van der Waals surface area contributed by atoms with Gasteiger partial charge in [0.05, 0.1) is 13.7 Å². The van der Waals surface area contributed by atoms with Crippen molar-refractivity contribution < 1.29 is 9.47 Å². The molecule has 0 bridgehead atoms. The highest BCUT2D eigenvalue weighted by Crippen LogP contribution is 2.09. The standard InChI is InChI=1S/C13H15N3O2/c1-17-12-7-8-14-13(16-12)15-9-10-18-11-5-3-2-4-6-11/h2-8H,9-10H2,1H3,(H,14,15,16). The van der Waals surface area contributed by atoms with E-state index in [1.807, 2.05) is 30.3 Å². The highest BCUT2D eigenvalue weighted by Gasteiger charge is 1.98. The van der Waals surface area contributed by atoms with E-state index in [2.05, 4.69) is 15.3 Å². The predicted octanol–water partition coefficient (Wildman–Crippen LogP) is 1.98. The lowest BCUT2D eigenvalue weighted by atomic mass is 10.3. The van der Waals surface area contributed by atoms with Crippen molar-refractivity contribution in [2.45, 2.75) is 0 Å². The van der Waals surface area contributed by atoms with Crippen LogP contribution in [-0.2, 0) is 0 Å². The Hall–Kier alpha value is -2.30. The van der Waals surface area contributed by atoms with E-state index in [9.17, 15) is 0 Å². The lowest BCUT2D eigenvalue weighted by molar-refractivity contribution is 0.332. The average Bonchev–Trinajstić information content (AvgIpc) is 2.45. The van der Waals surface area contributed by atoms with Crippen molar-refractivity contribution in [1.29, 1.82) is 0 Å². The molecule has 0 fully saturated rings. The van der Waals surface area contributed by atoms with Crippen molar-refractivity contribution in [3.8, 4) is 11.6 Å². The van der Waals surface area contributed by atoms with Crippen LogP contribution in [0.25, 0.3) is 0 Å².